The zero-order valence-corrected chi connectivity index (χ0v) is 11.6. The maximum absolute atomic E-state index is 13.3. The SMILES string of the molecule is Fc1cc(F)c(F)c(N/N=C/c2ccc(Cl)cc2Cl)c1F. The molecule has 0 aromatic heterocycles. The van der Waals surface area contributed by atoms with Gasteiger partial charge in [0, 0.05) is 16.7 Å². The highest BCUT2D eigenvalue weighted by molar-refractivity contribution is 6.36. The summed E-state index contributed by atoms with van der Waals surface area (Å²) in [7, 11) is 0. The Morgan fingerprint density at radius 3 is 2.14 bits per heavy atom. The molecule has 0 unspecified atom stereocenters. The molecule has 0 amide bonds. The molecular weight excluding hydrogens is 331 g/mol. The Kier molecular flexibility index (Phi) is 4.69. The first-order valence-electron chi connectivity index (χ1n) is 5.47. The second-order valence-corrected chi connectivity index (χ2v) is 4.72. The van der Waals surface area contributed by atoms with Crippen LogP contribution in [0.1, 0.15) is 5.56 Å². The van der Waals surface area contributed by atoms with E-state index < -0.39 is 29.0 Å². The van der Waals surface area contributed by atoms with Crippen LogP contribution in [0.5, 0.6) is 0 Å². The van der Waals surface area contributed by atoms with Crippen molar-refractivity contribution in [2.24, 2.45) is 5.10 Å². The third-order valence-electron chi connectivity index (χ3n) is 2.45. The fraction of sp³-hybridized carbons (Fsp3) is 0. The summed E-state index contributed by atoms with van der Waals surface area (Å²) in [5.41, 5.74) is 1.26. The molecule has 0 heterocycles. The average Bonchev–Trinajstić information content (AvgIpc) is 2.42. The minimum atomic E-state index is -1.58. The Labute approximate surface area is 127 Å². The predicted molar refractivity (Wildman–Crippen MR) is 74.0 cm³/mol. The number of anilines is 1. The van der Waals surface area contributed by atoms with Crippen LogP contribution in [0.25, 0.3) is 0 Å². The van der Waals surface area contributed by atoms with Crippen LogP contribution in [0.15, 0.2) is 29.4 Å². The molecule has 2 rings (SSSR count). The fourth-order valence-corrected chi connectivity index (χ4v) is 1.90. The quantitative estimate of drug-likeness (QED) is 0.363. The Hall–Kier alpha value is -1.79. The highest BCUT2D eigenvalue weighted by Crippen LogP contribution is 2.24. The van der Waals surface area contributed by atoms with Crippen LogP contribution in [0, 0.1) is 23.3 Å². The molecule has 110 valence electrons. The molecule has 21 heavy (non-hydrogen) atoms. The van der Waals surface area contributed by atoms with E-state index in [1.807, 2.05) is 5.43 Å². The van der Waals surface area contributed by atoms with Crippen molar-refractivity contribution in [3.8, 4) is 0 Å². The van der Waals surface area contributed by atoms with Gasteiger partial charge in [0.2, 0.25) is 0 Å². The molecule has 0 saturated carbocycles. The summed E-state index contributed by atoms with van der Waals surface area (Å²) in [5.74, 6) is -6.21. The smallest absolute Gasteiger partial charge is 0.186 e. The number of nitrogens with one attached hydrogen (secondary N) is 1. The lowest BCUT2D eigenvalue weighted by atomic mass is 10.2. The van der Waals surface area contributed by atoms with Gasteiger partial charge in [0.15, 0.2) is 23.3 Å². The average molecular weight is 337 g/mol. The fourth-order valence-electron chi connectivity index (χ4n) is 1.44. The van der Waals surface area contributed by atoms with E-state index >= 15 is 0 Å². The number of halogens is 6. The van der Waals surface area contributed by atoms with Gasteiger partial charge in [-0.05, 0) is 12.1 Å². The molecule has 1 N–H and O–H groups in total. The van der Waals surface area contributed by atoms with Crippen molar-refractivity contribution in [2.75, 3.05) is 5.43 Å². The van der Waals surface area contributed by atoms with Gasteiger partial charge in [-0.3, -0.25) is 5.43 Å². The molecule has 2 aromatic carbocycles. The van der Waals surface area contributed by atoms with E-state index in [9.17, 15) is 17.6 Å². The van der Waals surface area contributed by atoms with Crippen LogP contribution in [0.2, 0.25) is 10.0 Å². The highest BCUT2D eigenvalue weighted by atomic mass is 35.5. The van der Waals surface area contributed by atoms with Gasteiger partial charge in [-0.15, -0.1) is 0 Å². The van der Waals surface area contributed by atoms with Gasteiger partial charge >= 0.3 is 0 Å². The first kappa shape index (κ1) is 15.6. The Morgan fingerprint density at radius 2 is 1.57 bits per heavy atom. The normalized spacial score (nSPS) is 11.1. The summed E-state index contributed by atoms with van der Waals surface area (Å²) in [6.45, 7) is 0. The minimum Gasteiger partial charge on any atom is -0.272 e. The molecule has 0 saturated heterocycles. The Morgan fingerprint density at radius 1 is 0.952 bits per heavy atom. The summed E-state index contributed by atoms with van der Waals surface area (Å²) < 4.78 is 52.6. The summed E-state index contributed by atoms with van der Waals surface area (Å²) in [4.78, 5) is 0. The molecule has 0 bridgehead atoms. The zero-order valence-electron chi connectivity index (χ0n) is 10.1. The number of nitrogens with zero attached hydrogens (tertiary/aromatic N) is 1. The molecular formula is C13H6Cl2F4N2. The van der Waals surface area contributed by atoms with E-state index in [1.54, 1.807) is 0 Å². The Bertz CT molecular complexity index is 694. The molecule has 2 aromatic rings. The Balaban J connectivity index is 2.26. The second kappa shape index (κ2) is 6.32. The second-order valence-electron chi connectivity index (χ2n) is 3.88. The predicted octanol–water partition coefficient (Wildman–Crippen LogP) is 5.00. The van der Waals surface area contributed by atoms with Gasteiger partial charge in [-0.1, -0.05) is 29.3 Å². The van der Waals surface area contributed by atoms with Crippen molar-refractivity contribution in [3.63, 3.8) is 0 Å². The van der Waals surface area contributed by atoms with Crippen molar-refractivity contribution in [3.05, 3.63) is 63.1 Å². The van der Waals surface area contributed by atoms with E-state index in [0.717, 1.165) is 6.21 Å². The lowest BCUT2D eigenvalue weighted by molar-refractivity contribution is 0.458. The zero-order chi connectivity index (χ0) is 15.6. The van der Waals surface area contributed by atoms with Gasteiger partial charge < -0.3 is 0 Å². The van der Waals surface area contributed by atoms with E-state index in [0.29, 0.717) is 10.6 Å². The van der Waals surface area contributed by atoms with Gasteiger partial charge in [0.1, 0.15) is 5.69 Å². The number of hydrazone groups is 1. The van der Waals surface area contributed by atoms with Crippen molar-refractivity contribution in [1.29, 1.82) is 0 Å². The standard InChI is InChI=1S/C13H6Cl2F4N2/c14-7-2-1-6(8(15)3-7)5-20-21-13-11(18)9(16)4-10(17)12(13)19/h1-5,21H/b20-5+. The molecule has 0 aliphatic carbocycles. The topological polar surface area (TPSA) is 24.4 Å². The van der Waals surface area contributed by atoms with E-state index in [2.05, 4.69) is 5.10 Å². The van der Waals surface area contributed by atoms with Crippen LogP contribution in [0.3, 0.4) is 0 Å². The summed E-state index contributed by atoms with van der Waals surface area (Å²) in [6, 6.07) is 4.58. The first-order valence-corrected chi connectivity index (χ1v) is 6.23. The van der Waals surface area contributed by atoms with Crippen LogP contribution >= 0.6 is 23.2 Å². The maximum Gasteiger partial charge on any atom is 0.186 e. The maximum atomic E-state index is 13.3. The van der Waals surface area contributed by atoms with Gasteiger partial charge in [-0.25, -0.2) is 17.6 Å². The van der Waals surface area contributed by atoms with Crippen molar-refractivity contribution in [1.82, 2.24) is 0 Å². The molecule has 8 heteroatoms. The summed E-state index contributed by atoms with van der Waals surface area (Å²) >= 11 is 11.5. The molecule has 0 fully saturated rings. The van der Waals surface area contributed by atoms with E-state index in [1.165, 1.54) is 18.2 Å². The molecule has 0 radical (unpaired) electrons. The van der Waals surface area contributed by atoms with Gasteiger partial charge in [0.05, 0.1) is 11.2 Å². The van der Waals surface area contributed by atoms with E-state index in [-0.39, 0.29) is 11.1 Å². The number of hydrogen-bond acceptors (Lipinski definition) is 2. The monoisotopic (exact) mass is 336 g/mol. The van der Waals surface area contributed by atoms with Gasteiger partial charge in [0.25, 0.3) is 0 Å². The summed E-state index contributed by atoms with van der Waals surface area (Å²) in [6.07, 6.45) is 1.13. The lowest BCUT2D eigenvalue weighted by Crippen LogP contribution is -2.02. The van der Waals surface area contributed by atoms with Crippen LogP contribution in [-0.2, 0) is 0 Å². The molecule has 0 aliphatic rings. The van der Waals surface area contributed by atoms with Crippen LogP contribution < -0.4 is 5.43 Å². The third-order valence-corrected chi connectivity index (χ3v) is 3.02. The molecule has 0 atom stereocenters. The number of hydrogen-bond donors (Lipinski definition) is 1. The molecule has 0 spiro atoms. The largest absolute Gasteiger partial charge is 0.272 e. The number of rotatable bonds is 3. The van der Waals surface area contributed by atoms with Gasteiger partial charge in [-0.2, -0.15) is 5.10 Å². The lowest BCUT2D eigenvalue weighted by Gasteiger charge is -2.05. The van der Waals surface area contributed by atoms with Crippen LogP contribution in [0.4, 0.5) is 23.2 Å². The minimum absolute atomic E-state index is 0.107. The van der Waals surface area contributed by atoms with E-state index in [4.69, 9.17) is 23.2 Å². The first-order chi connectivity index (χ1) is 9.90. The third kappa shape index (κ3) is 3.46. The van der Waals surface area contributed by atoms with Crippen molar-refractivity contribution >= 4 is 35.1 Å². The van der Waals surface area contributed by atoms with Crippen molar-refractivity contribution in [2.45, 2.75) is 0 Å². The number of benzene rings is 2. The van der Waals surface area contributed by atoms with Crippen molar-refractivity contribution < 1.29 is 17.6 Å². The molecule has 2 nitrogen and oxygen atoms in total. The highest BCUT2D eigenvalue weighted by Gasteiger charge is 2.18. The summed E-state index contributed by atoms with van der Waals surface area (Å²) in [5, 5.41) is 4.14. The molecule has 0 aliphatic heterocycles. The van der Waals surface area contributed by atoms with Crippen LogP contribution in [-0.4, -0.2) is 6.21 Å².